The van der Waals surface area contributed by atoms with Gasteiger partial charge in [0.2, 0.25) is 5.91 Å². The molecule has 1 aromatic heterocycles. The van der Waals surface area contributed by atoms with Crippen LogP contribution in [0, 0.1) is 6.92 Å². The number of aromatic nitrogens is 1. The molecule has 0 saturated heterocycles. The maximum absolute atomic E-state index is 11.1. The van der Waals surface area contributed by atoms with Crippen LogP contribution in [0.1, 0.15) is 38.3 Å². The van der Waals surface area contributed by atoms with Gasteiger partial charge in [0.25, 0.3) is 0 Å². The molecule has 0 unspecified atom stereocenters. The van der Waals surface area contributed by atoms with Crippen LogP contribution in [0.2, 0.25) is 0 Å². The lowest BCUT2D eigenvalue weighted by molar-refractivity contribution is 0.0673. The molecule has 1 rings (SSSR count). The van der Waals surface area contributed by atoms with Crippen LogP contribution in [0.15, 0.2) is 6.07 Å². The molecule has 0 aromatic carbocycles. The molecule has 5 nitrogen and oxygen atoms in total. The quantitative estimate of drug-likeness (QED) is 0.713. The van der Waals surface area contributed by atoms with Gasteiger partial charge in [-0.05, 0) is 18.6 Å². The van der Waals surface area contributed by atoms with Gasteiger partial charge in [-0.2, -0.15) is 0 Å². The second kappa shape index (κ2) is 3.45. The van der Waals surface area contributed by atoms with E-state index in [1.165, 1.54) is 19.9 Å². The SMILES string of the molecule is CC(=O)n1c(C=O)cc(C)c1C(=O)O. The number of aryl methyl sites for hydroxylation is 1. The molecule has 1 aromatic rings. The predicted octanol–water partition coefficient (Wildman–Crippen LogP) is 0.967. The molecule has 14 heavy (non-hydrogen) atoms. The van der Waals surface area contributed by atoms with Gasteiger partial charge in [-0.25, -0.2) is 4.79 Å². The lowest BCUT2D eigenvalue weighted by Crippen LogP contribution is -2.16. The third kappa shape index (κ3) is 1.44. The molecule has 0 spiro atoms. The summed E-state index contributed by atoms with van der Waals surface area (Å²) >= 11 is 0. The fourth-order valence-corrected chi connectivity index (χ4v) is 1.35. The normalized spacial score (nSPS) is 9.86. The van der Waals surface area contributed by atoms with Gasteiger partial charge in [-0.3, -0.25) is 14.2 Å². The maximum atomic E-state index is 11.1. The van der Waals surface area contributed by atoms with Gasteiger partial charge in [0.1, 0.15) is 5.69 Å². The highest BCUT2D eigenvalue weighted by molar-refractivity contribution is 5.97. The van der Waals surface area contributed by atoms with Crippen molar-refractivity contribution in [2.24, 2.45) is 0 Å². The van der Waals surface area contributed by atoms with E-state index >= 15 is 0 Å². The van der Waals surface area contributed by atoms with Crippen molar-refractivity contribution in [2.45, 2.75) is 13.8 Å². The number of hydrogen-bond donors (Lipinski definition) is 1. The predicted molar refractivity (Wildman–Crippen MR) is 47.8 cm³/mol. The first-order valence-corrected chi connectivity index (χ1v) is 3.90. The Morgan fingerprint density at radius 1 is 1.50 bits per heavy atom. The number of carboxylic acid groups (broad SMARTS) is 1. The first-order chi connectivity index (χ1) is 6.49. The number of hydrogen-bond acceptors (Lipinski definition) is 3. The van der Waals surface area contributed by atoms with Crippen molar-refractivity contribution in [2.75, 3.05) is 0 Å². The number of aldehydes is 1. The first kappa shape index (κ1) is 10.2. The summed E-state index contributed by atoms with van der Waals surface area (Å²) in [7, 11) is 0. The monoisotopic (exact) mass is 195 g/mol. The van der Waals surface area contributed by atoms with Gasteiger partial charge in [0, 0.05) is 6.92 Å². The zero-order chi connectivity index (χ0) is 10.9. The number of rotatable bonds is 2. The van der Waals surface area contributed by atoms with Crippen molar-refractivity contribution in [1.29, 1.82) is 0 Å². The van der Waals surface area contributed by atoms with Crippen molar-refractivity contribution in [1.82, 2.24) is 4.57 Å². The smallest absolute Gasteiger partial charge is 0.353 e. The van der Waals surface area contributed by atoms with Crippen LogP contribution in [-0.2, 0) is 0 Å². The fourth-order valence-electron chi connectivity index (χ4n) is 1.35. The summed E-state index contributed by atoms with van der Waals surface area (Å²) < 4.78 is 0.894. The highest BCUT2D eigenvalue weighted by Gasteiger charge is 2.20. The van der Waals surface area contributed by atoms with Crippen LogP contribution >= 0.6 is 0 Å². The summed E-state index contributed by atoms with van der Waals surface area (Å²) in [5.74, 6) is -1.71. The first-order valence-electron chi connectivity index (χ1n) is 3.90. The lowest BCUT2D eigenvalue weighted by Gasteiger charge is -2.02. The van der Waals surface area contributed by atoms with Crippen molar-refractivity contribution in [3.8, 4) is 0 Å². The molecular formula is C9H9NO4. The van der Waals surface area contributed by atoms with E-state index in [2.05, 4.69) is 0 Å². The number of carbonyl (C=O) groups is 3. The fraction of sp³-hybridized carbons (Fsp3) is 0.222. The molecule has 1 N–H and O–H groups in total. The van der Waals surface area contributed by atoms with Gasteiger partial charge in [-0.1, -0.05) is 0 Å². The maximum Gasteiger partial charge on any atom is 0.353 e. The Morgan fingerprint density at radius 3 is 2.43 bits per heavy atom. The van der Waals surface area contributed by atoms with E-state index in [1.54, 1.807) is 0 Å². The second-order valence-corrected chi connectivity index (χ2v) is 2.88. The Bertz CT molecular complexity index is 417. The molecule has 0 aliphatic heterocycles. The molecule has 1 heterocycles. The molecule has 0 atom stereocenters. The Morgan fingerprint density at radius 2 is 2.07 bits per heavy atom. The minimum absolute atomic E-state index is 0.0624. The van der Waals surface area contributed by atoms with E-state index in [9.17, 15) is 14.4 Å². The molecular weight excluding hydrogens is 186 g/mol. The van der Waals surface area contributed by atoms with Gasteiger partial charge >= 0.3 is 5.97 Å². The Labute approximate surface area is 80.0 Å². The summed E-state index contributed by atoms with van der Waals surface area (Å²) in [6, 6.07) is 1.37. The van der Waals surface area contributed by atoms with Crippen molar-refractivity contribution in [3.63, 3.8) is 0 Å². The van der Waals surface area contributed by atoms with Gasteiger partial charge in [0.05, 0.1) is 5.69 Å². The molecule has 0 aliphatic rings. The lowest BCUT2D eigenvalue weighted by atomic mass is 10.2. The molecule has 0 bridgehead atoms. The van der Waals surface area contributed by atoms with E-state index in [0.717, 1.165) is 4.57 Å². The van der Waals surface area contributed by atoms with Crippen molar-refractivity contribution in [3.05, 3.63) is 23.0 Å². The van der Waals surface area contributed by atoms with E-state index < -0.39 is 11.9 Å². The summed E-state index contributed by atoms with van der Waals surface area (Å²) in [5, 5.41) is 8.82. The van der Waals surface area contributed by atoms with E-state index in [1.807, 2.05) is 0 Å². The average Bonchev–Trinajstić information content (AvgIpc) is 2.41. The van der Waals surface area contributed by atoms with E-state index in [-0.39, 0.29) is 11.4 Å². The van der Waals surface area contributed by atoms with Crippen molar-refractivity contribution < 1.29 is 19.5 Å². The molecule has 0 fully saturated rings. The van der Waals surface area contributed by atoms with Crippen LogP contribution in [0.5, 0.6) is 0 Å². The average molecular weight is 195 g/mol. The Kier molecular flexibility index (Phi) is 2.51. The topological polar surface area (TPSA) is 76.4 Å². The summed E-state index contributed by atoms with van der Waals surface area (Å²) in [4.78, 5) is 32.4. The van der Waals surface area contributed by atoms with Crippen LogP contribution in [0.4, 0.5) is 0 Å². The van der Waals surface area contributed by atoms with Crippen LogP contribution < -0.4 is 0 Å². The Hall–Kier alpha value is -1.91. The highest BCUT2D eigenvalue weighted by Crippen LogP contribution is 2.14. The number of nitrogens with zero attached hydrogens (tertiary/aromatic N) is 1. The molecule has 0 amide bonds. The van der Waals surface area contributed by atoms with Crippen LogP contribution in [0.25, 0.3) is 0 Å². The van der Waals surface area contributed by atoms with E-state index in [0.29, 0.717) is 11.8 Å². The highest BCUT2D eigenvalue weighted by atomic mass is 16.4. The third-order valence-corrected chi connectivity index (χ3v) is 1.86. The molecule has 5 heteroatoms. The molecule has 74 valence electrons. The minimum Gasteiger partial charge on any atom is -0.477 e. The number of aromatic carboxylic acids is 1. The van der Waals surface area contributed by atoms with Crippen molar-refractivity contribution >= 4 is 18.2 Å². The van der Waals surface area contributed by atoms with Gasteiger partial charge < -0.3 is 5.11 Å². The molecule has 0 saturated carbocycles. The Balaban J connectivity index is 3.54. The number of carboxylic acids is 1. The minimum atomic E-state index is -1.22. The number of carbonyl (C=O) groups excluding carboxylic acids is 2. The summed E-state index contributed by atoms with van der Waals surface area (Å²) in [6.07, 6.45) is 0.459. The molecule has 0 radical (unpaired) electrons. The van der Waals surface area contributed by atoms with Crippen LogP contribution in [0.3, 0.4) is 0 Å². The van der Waals surface area contributed by atoms with Crippen LogP contribution in [-0.4, -0.2) is 27.8 Å². The zero-order valence-electron chi connectivity index (χ0n) is 7.77. The summed E-state index contributed by atoms with van der Waals surface area (Å²) in [5.41, 5.74) is 0.307. The second-order valence-electron chi connectivity index (χ2n) is 2.88. The summed E-state index contributed by atoms with van der Waals surface area (Å²) in [6.45, 7) is 2.74. The zero-order valence-corrected chi connectivity index (χ0v) is 7.77. The van der Waals surface area contributed by atoms with E-state index in [4.69, 9.17) is 5.11 Å². The molecule has 0 aliphatic carbocycles. The third-order valence-electron chi connectivity index (χ3n) is 1.86. The largest absolute Gasteiger partial charge is 0.477 e. The standard InChI is InChI=1S/C9H9NO4/c1-5-3-7(4-11)10(6(2)12)8(5)9(13)14/h3-4H,1-2H3,(H,13,14). The van der Waals surface area contributed by atoms with Gasteiger partial charge in [-0.15, -0.1) is 0 Å². The van der Waals surface area contributed by atoms with Gasteiger partial charge in [0.15, 0.2) is 6.29 Å².